The van der Waals surface area contributed by atoms with Gasteiger partial charge in [-0.1, -0.05) is 0 Å². The van der Waals surface area contributed by atoms with Gasteiger partial charge in [-0.05, 0) is 0 Å². The third-order valence-corrected chi connectivity index (χ3v) is 1.41. The van der Waals surface area contributed by atoms with Gasteiger partial charge >= 0.3 is 39.9 Å². The molecule has 0 aromatic carbocycles. The van der Waals surface area contributed by atoms with Crippen LogP contribution in [0.5, 0.6) is 0 Å². The molecule has 46 valence electrons. The molecule has 0 fully saturated rings. The van der Waals surface area contributed by atoms with Crippen LogP contribution in [0.1, 0.15) is 0 Å². The predicted molar refractivity (Wildman–Crippen MR) is 32.1 cm³/mol. The van der Waals surface area contributed by atoms with E-state index in [-0.39, 0.29) is 29.6 Å². The van der Waals surface area contributed by atoms with Gasteiger partial charge in [-0.25, -0.2) is 0 Å². The van der Waals surface area contributed by atoms with E-state index in [4.69, 9.17) is 0 Å². The number of hydrogen-bond donors (Lipinski definition) is 1. The van der Waals surface area contributed by atoms with Crippen molar-refractivity contribution in [1.29, 1.82) is 0 Å². The standard InChI is InChI=1S/C2H7NO3S.Na.H/c1-3-7(4,5)6-2;;/h3H,1-2H3;;. The third-order valence-electron chi connectivity index (χ3n) is 0.469. The predicted octanol–water partition coefficient (Wildman–Crippen LogP) is -1.55. The van der Waals surface area contributed by atoms with Gasteiger partial charge in [0.15, 0.2) is 0 Å². The summed E-state index contributed by atoms with van der Waals surface area (Å²) in [6, 6.07) is 0. The summed E-state index contributed by atoms with van der Waals surface area (Å²) in [5.41, 5.74) is 0. The normalized spacial score (nSPS) is 10.2. The summed E-state index contributed by atoms with van der Waals surface area (Å²) in [7, 11) is -1.04. The molecule has 1 N–H and O–H groups in total. The Kier molecular flexibility index (Phi) is 6.87. The molecule has 8 heavy (non-hydrogen) atoms. The van der Waals surface area contributed by atoms with Gasteiger partial charge in [-0.2, -0.15) is 13.1 Å². The van der Waals surface area contributed by atoms with Crippen molar-refractivity contribution in [3.05, 3.63) is 0 Å². The third kappa shape index (κ3) is 5.02. The minimum atomic E-state index is -3.41. The zero-order valence-corrected chi connectivity index (χ0v) is 4.95. The monoisotopic (exact) mass is 149 g/mol. The fourth-order valence-electron chi connectivity index (χ4n) is 0.0833. The van der Waals surface area contributed by atoms with Crippen molar-refractivity contribution in [2.45, 2.75) is 0 Å². The Hall–Kier alpha value is 0.870. The van der Waals surface area contributed by atoms with Gasteiger partial charge in [0.2, 0.25) is 0 Å². The summed E-state index contributed by atoms with van der Waals surface area (Å²) >= 11 is 0. The molecule has 0 heterocycles. The van der Waals surface area contributed by atoms with E-state index in [9.17, 15) is 8.42 Å². The first-order chi connectivity index (χ1) is 3.12. The van der Waals surface area contributed by atoms with E-state index in [1.807, 2.05) is 4.72 Å². The molecule has 0 aromatic heterocycles. The maximum absolute atomic E-state index is 10.0. The van der Waals surface area contributed by atoms with Gasteiger partial charge in [0, 0.05) is 7.05 Å². The van der Waals surface area contributed by atoms with E-state index >= 15 is 0 Å². The molecular weight excluding hydrogens is 141 g/mol. The molecule has 0 rings (SSSR count). The Morgan fingerprint density at radius 2 is 1.88 bits per heavy atom. The van der Waals surface area contributed by atoms with Gasteiger partial charge in [0.05, 0.1) is 7.11 Å². The second-order valence-electron chi connectivity index (χ2n) is 0.825. The van der Waals surface area contributed by atoms with Crippen molar-refractivity contribution in [2.24, 2.45) is 0 Å². The molecule has 4 nitrogen and oxygen atoms in total. The van der Waals surface area contributed by atoms with Crippen LogP contribution in [0.15, 0.2) is 0 Å². The van der Waals surface area contributed by atoms with Crippen molar-refractivity contribution in [1.82, 2.24) is 4.72 Å². The molecule has 0 aliphatic heterocycles. The van der Waals surface area contributed by atoms with Gasteiger partial charge in [-0.3, -0.25) is 4.18 Å². The molecular formula is C2H8NNaO3S. The van der Waals surface area contributed by atoms with Gasteiger partial charge in [-0.15, -0.1) is 0 Å². The second-order valence-corrected chi connectivity index (χ2v) is 2.47. The van der Waals surface area contributed by atoms with Gasteiger partial charge in [0.25, 0.3) is 0 Å². The Morgan fingerprint density at radius 3 is 1.88 bits per heavy atom. The van der Waals surface area contributed by atoms with E-state index in [2.05, 4.69) is 4.18 Å². The molecule has 0 saturated heterocycles. The Labute approximate surface area is 71.2 Å². The molecule has 0 aliphatic carbocycles. The molecule has 0 aromatic rings. The molecule has 6 heteroatoms. The summed E-state index contributed by atoms with van der Waals surface area (Å²) in [6.07, 6.45) is 0. The second kappa shape index (κ2) is 4.72. The van der Waals surface area contributed by atoms with E-state index in [1.54, 1.807) is 0 Å². The van der Waals surface area contributed by atoms with E-state index < -0.39 is 10.3 Å². The Bertz CT molecular complexity index is 120. The Morgan fingerprint density at radius 1 is 1.50 bits per heavy atom. The zero-order valence-electron chi connectivity index (χ0n) is 4.13. The summed E-state index contributed by atoms with van der Waals surface area (Å²) in [6.45, 7) is 0. The van der Waals surface area contributed by atoms with Gasteiger partial charge in [0.1, 0.15) is 0 Å². The Balaban J connectivity index is 0. The quantitative estimate of drug-likeness (QED) is 0.483. The zero-order chi connectivity index (χ0) is 5.91. The van der Waals surface area contributed by atoms with Crippen LogP contribution in [0.3, 0.4) is 0 Å². The fraction of sp³-hybridized carbons (Fsp3) is 1.00. The van der Waals surface area contributed by atoms with Crippen LogP contribution < -0.4 is 4.72 Å². The van der Waals surface area contributed by atoms with Crippen molar-refractivity contribution >= 4 is 39.9 Å². The molecule has 0 spiro atoms. The summed E-state index contributed by atoms with van der Waals surface area (Å²) < 4.78 is 26.0. The average molecular weight is 149 g/mol. The SMILES string of the molecule is CNS(=O)(=O)OC.[NaH]. The number of nitrogens with one attached hydrogen (secondary N) is 1. The molecule has 0 saturated carbocycles. The molecule has 0 atom stereocenters. The van der Waals surface area contributed by atoms with Crippen LogP contribution in [0, 0.1) is 0 Å². The average Bonchev–Trinajstić information content (AvgIpc) is 1.68. The summed E-state index contributed by atoms with van der Waals surface area (Å²) in [5, 5.41) is 0. The summed E-state index contributed by atoms with van der Waals surface area (Å²) in [4.78, 5) is 0. The van der Waals surface area contributed by atoms with Crippen molar-refractivity contribution in [3.63, 3.8) is 0 Å². The van der Waals surface area contributed by atoms with Crippen molar-refractivity contribution < 1.29 is 12.6 Å². The van der Waals surface area contributed by atoms with Crippen molar-refractivity contribution in [2.75, 3.05) is 14.2 Å². The summed E-state index contributed by atoms with van der Waals surface area (Å²) in [5.74, 6) is 0. The van der Waals surface area contributed by atoms with Crippen molar-refractivity contribution in [3.8, 4) is 0 Å². The first-order valence-electron chi connectivity index (χ1n) is 1.61. The maximum atomic E-state index is 10.0. The topological polar surface area (TPSA) is 55.4 Å². The minimum absolute atomic E-state index is 0. The van der Waals surface area contributed by atoms with Crippen LogP contribution in [-0.2, 0) is 14.5 Å². The first kappa shape index (κ1) is 11.6. The van der Waals surface area contributed by atoms with Crippen LogP contribution in [-0.4, -0.2) is 52.1 Å². The van der Waals surface area contributed by atoms with E-state index in [0.29, 0.717) is 0 Å². The molecule has 0 radical (unpaired) electrons. The first-order valence-corrected chi connectivity index (χ1v) is 3.02. The molecule has 0 bridgehead atoms. The van der Waals surface area contributed by atoms with E-state index in [1.165, 1.54) is 7.05 Å². The van der Waals surface area contributed by atoms with E-state index in [0.717, 1.165) is 7.11 Å². The van der Waals surface area contributed by atoms with Crippen LogP contribution in [0.25, 0.3) is 0 Å². The van der Waals surface area contributed by atoms with Crippen LogP contribution in [0.4, 0.5) is 0 Å². The number of hydrogen-bond acceptors (Lipinski definition) is 3. The van der Waals surface area contributed by atoms with Gasteiger partial charge < -0.3 is 0 Å². The van der Waals surface area contributed by atoms with Crippen LogP contribution >= 0.6 is 0 Å². The molecule has 0 aliphatic rings. The van der Waals surface area contributed by atoms with Crippen LogP contribution in [0.2, 0.25) is 0 Å². The molecule has 0 unspecified atom stereocenters. The molecule has 0 amide bonds. The number of rotatable bonds is 2. The fourth-order valence-corrected chi connectivity index (χ4v) is 0.250.